The van der Waals surface area contributed by atoms with Crippen LogP contribution >= 0.6 is 27.3 Å². The van der Waals surface area contributed by atoms with E-state index < -0.39 is 22.0 Å². The molecule has 1 unspecified atom stereocenters. The zero-order valence-electron chi connectivity index (χ0n) is 17.5. The van der Waals surface area contributed by atoms with E-state index in [0.29, 0.717) is 28.7 Å². The molecule has 0 radical (unpaired) electrons. The fraction of sp³-hybridized carbons (Fsp3) is 0.238. The highest BCUT2D eigenvalue weighted by Crippen LogP contribution is 2.30. The molecule has 0 spiro atoms. The molecule has 172 valence electrons. The van der Waals surface area contributed by atoms with Crippen LogP contribution in [0, 0.1) is 0 Å². The Kier molecular flexibility index (Phi) is 6.88. The van der Waals surface area contributed by atoms with Crippen LogP contribution in [0.4, 0.5) is 10.8 Å². The minimum Gasteiger partial charge on any atom is -0.326 e. The number of hydrogen-bond acceptors (Lipinski definition) is 7. The maximum atomic E-state index is 13.2. The summed E-state index contributed by atoms with van der Waals surface area (Å²) in [6, 6.07) is 12.6. The first-order chi connectivity index (χ1) is 15.7. The van der Waals surface area contributed by atoms with E-state index in [1.165, 1.54) is 46.8 Å². The quantitative estimate of drug-likeness (QED) is 0.483. The number of nitrogens with zero attached hydrogens (tertiary/aromatic N) is 3. The zero-order chi connectivity index (χ0) is 23.6. The average molecular weight is 550 g/mol. The molecule has 1 aliphatic heterocycles. The molecular weight excluding hydrogens is 530 g/mol. The number of amides is 2. The van der Waals surface area contributed by atoms with Gasteiger partial charge >= 0.3 is 0 Å². The number of hydrogen-bond donors (Lipinski definition) is 2. The van der Waals surface area contributed by atoms with Crippen LogP contribution in [0.3, 0.4) is 0 Å². The minimum absolute atomic E-state index is 0.0594. The largest absolute Gasteiger partial charge is 0.326 e. The Morgan fingerprint density at radius 1 is 1.12 bits per heavy atom. The van der Waals surface area contributed by atoms with Crippen molar-refractivity contribution in [3.63, 3.8) is 0 Å². The summed E-state index contributed by atoms with van der Waals surface area (Å²) < 4.78 is 28.5. The number of sulfonamides is 1. The summed E-state index contributed by atoms with van der Waals surface area (Å²) in [5.41, 5.74) is 1.35. The van der Waals surface area contributed by atoms with Gasteiger partial charge in [-0.05, 0) is 49.2 Å². The lowest BCUT2D eigenvalue weighted by molar-refractivity contribution is -0.119. The van der Waals surface area contributed by atoms with Gasteiger partial charge in [0, 0.05) is 29.2 Å². The van der Waals surface area contributed by atoms with Gasteiger partial charge in [0.05, 0.1) is 4.90 Å². The second-order valence-corrected chi connectivity index (χ2v) is 11.2. The summed E-state index contributed by atoms with van der Waals surface area (Å²) in [5, 5.41) is 14.4. The van der Waals surface area contributed by atoms with Crippen molar-refractivity contribution in [3.8, 4) is 10.6 Å². The minimum atomic E-state index is -3.89. The predicted molar refractivity (Wildman–Crippen MR) is 129 cm³/mol. The number of carbonyl (C=O) groups excluding carboxylic acids is 2. The number of rotatable bonds is 6. The molecule has 0 bridgehead atoms. The lowest BCUT2D eigenvalue weighted by Crippen LogP contribution is -2.43. The number of nitrogens with one attached hydrogen (secondary N) is 2. The van der Waals surface area contributed by atoms with Gasteiger partial charge in [-0.1, -0.05) is 39.4 Å². The molecule has 1 saturated heterocycles. The van der Waals surface area contributed by atoms with Gasteiger partial charge in [-0.3, -0.25) is 14.9 Å². The number of anilines is 2. The molecule has 0 saturated carbocycles. The molecule has 9 nitrogen and oxygen atoms in total. The van der Waals surface area contributed by atoms with E-state index in [4.69, 9.17) is 0 Å². The molecule has 3 aromatic rings. The van der Waals surface area contributed by atoms with E-state index in [9.17, 15) is 18.0 Å². The average Bonchev–Trinajstić information content (AvgIpc) is 3.44. The van der Waals surface area contributed by atoms with Crippen molar-refractivity contribution in [3.05, 3.63) is 53.0 Å². The van der Waals surface area contributed by atoms with Crippen LogP contribution in [-0.2, 0) is 19.6 Å². The topological polar surface area (TPSA) is 121 Å². The molecule has 33 heavy (non-hydrogen) atoms. The Bertz CT molecular complexity index is 1290. The second kappa shape index (κ2) is 9.67. The molecule has 2 amide bonds. The van der Waals surface area contributed by atoms with Crippen LogP contribution in [0.1, 0.15) is 19.8 Å². The van der Waals surface area contributed by atoms with Crippen molar-refractivity contribution in [1.29, 1.82) is 0 Å². The molecule has 1 atom stereocenters. The predicted octanol–water partition coefficient (Wildman–Crippen LogP) is 3.72. The summed E-state index contributed by atoms with van der Waals surface area (Å²) in [4.78, 5) is 24.2. The van der Waals surface area contributed by atoms with E-state index in [0.717, 1.165) is 10.0 Å². The lowest BCUT2D eigenvalue weighted by atomic mass is 10.2. The van der Waals surface area contributed by atoms with Gasteiger partial charge < -0.3 is 5.32 Å². The Morgan fingerprint density at radius 2 is 1.88 bits per heavy atom. The van der Waals surface area contributed by atoms with E-state index in [1.54, 1.807) is 0 Å². The van der Waals surface area contributed by atoms with Gasteiger partial charge in [-0.15, -0.1) is 10.2 Å². The van der Waals surface area contributed by atoms with Crippen molar-refractivity contribution in [2.45, 2.75) is 30.7 Å². The van der Waals surface area contributed by atoms with E-state index in [2.05, 4.69) is 36.8 Å². The van der Waals surface area contributed by atoms with Crippen LogP contribution in [0.2, 0.25) is 0 Å². The molecule has 2 heterocycles. The van der Waals surface area contributed by atoms with Crippen LogP contribution in [0.25, 0.3) is 10.6 Å². The van der Waals surface area contributed by atoms with E-state index >= 15 is 0 Å². The van der Waals surface area contributed by atoms with E-state index in [1.807, 2.05) is 24.3 Å². The summed E-state index contributed by atoms with van der Waals surface area (Å²) in [7, 11) is -3.89. The lowest BCUT2D eigenvalue weighted by Gasteiger charge is -2.23. The normalized spacial score (nSPS) is 16.5. The molecule has 2 N–H and O–H groups in total. The van der Waals surface area contributed by atoms with Gasteiger partial charge in [0.25, 0.3) is 0 Å². The Hall–Kier alpha value is -2.67. The third-order valence-electron chi connectivity index (χ3n) is 5.01. The fourth-order valence-corrected chi connectivity index (χ4v) is 6.34. The highest BCUT2D eigenvalue weighted by atomic mass is 79.9. The smallest absolute Gasteiger partial charge is 0.244 e. The zero-order valence-corrected chi connectivity index (χ0v) is 20.7. The van der Waals surface area contributed by atoms with Gasteiger partial charge in [0.1, 0.15) is 11.0 Å². The van der Waals surface area contributed by atoms with Gasteiger partial charge in [-0.25, -0.2) is 8.42 Å². The Labute approximate surface area is 203 Å². The molecule has 1 fully saturated rings. The van der Waals surface area contributed by atoms with Crippen molar-refractivity contribution < 1.29 is 18.0 Å². The first-order valence-corrected chi connectivity index (χ1v) is 13.1. The van der Waals surface area contributed by atoms with Gasteiger partial charge in [-0.2, -0.15) is 4.31 Å². The Balaban J connectivity index is 1.49. The Morgan fingerprint density at radius 3 is 2.58 bits per heavy atom. The maximum Gasteiger partial charge on any atom is 0.244 e. The molecule has 2 aromatic carbocycles. The molecule has 1 aromatic heterocycles. The number of aromatic nitrogens is 2. The fourth-order valence-electron chi connectivity index (χ4n) is 3.54. The number of carbonyl (C=O) groups is 2. The van der Waals surface area contributed by atoms with Crippen LogP contribution in [0.15, 0.2) is 57.9 Å². The number of benzene rings is 2. The second-order valence-electron chi connectivity index (χ2n) is 7.39. The molecule has 1 aliphatic rings. The maximum absolute atomic E-state index is 13.2. The molecule has 12 heteroatoms. The van der Waals surface area contributed by atoms with Crippen molar-refractivity contribution in [1.82, 2.24) is 14.5 Å². The van der Waals surface area contributed by atoms with Gasteiger partial charge in [0.2, 0.25) is 27.0 Å². The van der Waals surface area contributed by atoms with Crippen LogP contribution in [0.5, 0.6) is 0 Å². The standard InChI is InChI=1S/C21H20BrN5O4S2/c1-13(28)23-16-7-9-17(10-8-16)33(30,31)27-11-3-6-18(27)19(29)24-21-26-25-20(32-21)14-4-2-5-15(22)12-14/h2,4-5,7-10,12,18H,3,6,11H2,1H3,(H,23,28)(H,24,26,29). The monoisotopic (exact) mass is 549 g/mol. The first kappa shape index (κ1) is 23.5. The highest BCUT2D eigenvalue weighted by molar-refractivity contribution is 9.10. The number of halogens is 1. The highest BCUT2D eigenvalue weighted by Gasteiger charge is 2.39. The summed E-state index contributed by atoms with van der Waals surface area (Å²) in [6.07, 6.45) is 0.979. The van der Waals surface area contributed by atoms with Crippen molar-refractivity contribution in [2.75, 3.05) is 17.2 Å². The molecule has 0 aliphatic carbocycles. The SMILES string of the molecule is CC(=O)Nc1ccc(S(=O)(=O)N2CCCC2C(=O)Nc2nnc(-c3cccc(Br)c3)s2)cc1. The summed E-state index contributed by atoms with van der Waals surface area (Å²) in [5.74, 6) is -0.690. The summed E-state index contributed by atoms with van der Waals surface area (Å²) >= 11 is 4.63. The van der Waals surface area contributed by atoms with Crippen molar-refractivity contribution in [2.24, 2.45) is 0 Å². The van der Waals surface area contributed by atoms with E-state index in [-0.39, 0.29) is 17.3 Å². The molecule has 4 rings (SSSR count). The van der Waals surface area contributed by atoms with Gasteiger partial charge in [0.15, 0.2) is 0 Å². The van der Waals surface area contributed by atoms with Crippen LogP contribution in [-0.4, -0.2) is 47.3 Å². The third-order valence-corrected chi connectivity index (χ3v) is 8.32. The molecular formula is C21H20BrN5O4S2. The summed E-state index contributed by atoms with van der Waals surface area (Å²) in [6.45, 7) is 1.62. The van der Waals surface area contributed by atoms with Crippen molar-refractivity contribution >= 4 is 59.9 Å². The van der Waals surface area contributed by atoms with Crippen LogP contribution < -0.4 is 10.6 Å². The first-order valence-electron chi connectivity index (χ1n) is 10.0. The third kappa shape index (κ3) is 5.29.